The van der Waals surface area contributed by atoms with E-state index in [2.05, 4.69) is 5.32 Å². The second-order valence-electron chi connectivity index (χ2n) is 7.19. The molecule has 0 atom stereocenters. The summed E-state index contributed by atoms with van der Waals surface area (Å²) >= 11 is 0. The van der Waals surface area contributed by atoms with Gasteiger partial charge in [0.2, 0.25) is 5.78 Å². The Hall–Kier alpha value is -4.73. The van der Waals surface area contributed by atoms with Crippen molar-refractivity contribution in [2.45, 2.75) is 0 Å². The van der Waals surface area contributed by atoms with Crippen molar-refractivity contribution in [2.75, 3.05) is 33.3 Å². The van der Waals surface area contributed by atoms with Gasteiger partial charge in [-0.05, 0) is 24.3 Å². The molecule has 180 valence electrons. The topological polar surface area (TPSA) is 123 Å². The lowest BCUT2D eigenvalue weighted by Gasteiger charge is -2.15. The minimum absolute atomic E-state index is 0.0822. The van der Waals surface area contributed by atoms with Crippen molar-refractivity contribution in [2.24, 2.45) is 0 Å². The molecule has 1 N–H and O–H groups in total. The molecular weight excluding hydrogens is 458 g/mol. The highest BCUT2D eigenvalue weighted by Crippen LogP contribution is 2.36. The van der Waals surface area contributed by atoms with E-state index < -0.39 is 11.9 Å². The van der Waals surface area contributed by atoms with Crippen LogP contribution in [0.3, 0.4) is 0 Å². The molecule has 1 aliphatic rings. The van der Waals surface area contributed by atoms with Crippen LogP contribution in [0.25, 0.3) is 6.08 Å². The first-order valence-corrected chi connectivity index (χ1v) is 10.3. The Labute approximate surface area is 200 Å². The van der Waals surface area contributed by atoms with E-state index >= 15 is 0 Å². The van der Waals surface area contributed by atoms with Gasteiger partial charge < -0.3 is 33.4 Å². The Bertz CT molecular complexity index is 1310. The fourth-order valence-electron chi connectivity index (χ4n) is 3.36. The highest BCUT2D eigenvalue weighted by Gasteiger charge is 2.28. The van der Waals surface area contributed by atoms with E-state index in [0.717, 1.165) is 0 Å². The minimum Gasteiger partial charge on any atom is -0.493 e. The highest BCUT2D eigenvalue weighted by atomic mass is 16.5. The van der Waals surface area contributed by atoms with Gasteiger partial charge in [0.25, 0.3) is 5.91 Å². The largest absolute Gasteiger partial charge is 0.493 e. The molecule has 1 aromatic heterocycles. The van der Waals surface area contributed by atoms with E-state index in [-0.39, 0.29) is 29.4 Å². The van der Waals surface area contributed by atoms with Crippen LogP contribution in [0.15, 0.2) is 58.9 Å². The molecule has 35 heavy (non-hydrogen) atoms. The van der Waals surface area contributed by atoms with Crippen molar-refractivity contribution >= 4 is 29.4 Å². The van der Waals surface area contributed by atoms with Crippen molar-refractivity contribution in [3.05, 3.63) is 71.4 Å². The zero-order valence-corrected chi connectivity index (χ0v) is 19.1. The minimum atomic E-state index is -0.666. The average Bonchev–Trinajstić information content (AvgIpc) is 3.49. The molecule has 0 fully saturated rings. The van der Waals surface area contributed by atoms with Crippen molar-refractivity contribution < 1.29 is 42.5 Å². The average molecular weight is 479 g/mol. The van der Waals surface area contributed by atoms with Crippen molar-refractivity contribution in [3.8, 4) is 23.0 Å². The molecule has 4 rings (SSSR count). The number of rotatable bonds is 8. The summed E-state index contributed by atoms with van der Waals surface area (Å²) in [6.07, 6.45) is 2.99. The summed E-state index contributed by atoms with van der Waals surface area (Å²) in [5, 5.41) is 2.61. The monoisotopic (exact) mass is 479 g/mol. The first kappa shape index (κ1) is 23.4. The summed E-state index contributed by atoms with van der Waals surface area (Å²) in [5.41, 5.74) is 0.616. The third-order valence-electron chi connectivity index (χ3n) is 5.03. The number of benzene rings is 2. The lowest BCUT2D eigenvalue weighted by atomic mass is 10.1. The molecule has 0 spiro atoms. The molecule has 0 unspecified atom stereocenters. The Morgan fingerprint density at radius 2 is 1.80 bits per heavy atom. The number of nitrogens with one attached hydrogen (secondary N) is 1. The van der Waals surface area contributed by atoms with Gasteiger partial charge in [-0.15, -0.1) is 0 Å². The number of hydrogen-bond acceptors (Lipinski definition) is 9. The van der Waals surface area contributed by atoms with Crippen LogP contribution in [0.1, 0.15) is 26.5 Å². The Morgan fingerprint density at radius 3 is 2.49 bits per heavy atom. The van der Waals surface area contributed by atoms with E-state index in [9.17, 15) is 14.4 Å². The first-order chi connectivity index (χ1) is 16.9. The fourth-order valence-corrected chi connectivity index (χ4v) is 3.36. The molecule has 0 aliphatic carbocycles. The van der Waals surface area contributed by atoms with Crippen molar-refractivity contribution in [1.29, 1.82) is 0 Å². The number of allylic oxidation sites excluding steroid dienone is 1. The lowest BCUT2D eigenvalue weighted by molar-refractivity contribution is -0.118. The lowest BCUT2D eigenvalue weighted by Crippen LogP contribution is -2.22. The van der Waals surface area contributed by atoms with Crippen LogP contribution in [0.4, 0.5) is 5.69 Å². The Balaban J connectivity index is 1.45. The molecule has 2 aromatic carbocycles. The summed E-state index contributed by atoms with van der Waals surface area (Å²) in [4.78, 5) is 37.2. The fraction of sp³-hybridized carbons (Fsp3) is 0.160. The van der Waals surface area contributed by atoms with E-state index in [0.29, 0.717) is 34.3 Å². The zero-order valence-electron chi connectivity index (χ0n) is 19.1. The van der Waals surface area contributed by atoms with Crippen LogP contribution < -0.4 is 24.3 Å². The van der Waals surface area contributed by atoms with Crippen molar-refractivity contribution in [3.63, 3.8) is 0 Å². The van der Waals surface area contributed by atoms with Crippen LogP contribution in [0.2, 0.25) is 0 Å². The van der Waals surface area contributed by atoms with Gasteiger partial charge in [-0.1, -0.05) is 0 Å². The predicted octanol–water partition coefficient (Wildman–Crippen LogP) is 3.72. The standard InChI is InChI=1S/C25H21NO9/c1-30-20-11-17(25(29)32-3)18(12-21(20)31-2)26-23(27)13-34-15-6-7-16-19(9-15)35-22(24(16)28)10-14-5-4-8-33-14/h4-12H,13H2,1-3H3,(H,26,27). The summed E-state index contributed by atoms with van der Waals surface area (Å²) in [5.74, 6) is 0.337. The number of furan rings is 1. The summed E-state index contributed by atoms with van der Waals surface area (Å²) in [6.45, 7) is -0.378. The van der Waals surface area contributed by atoms with Gasteiger partial charge in [0.1, 0.15) is 17.3 Å². The molecule has 0 saturated heterocycles. The van der Waals surface area contributed by atoms with Gasteiger partial charge in [-0.3, -0.25) is 9.59 Å². The molecule has 0 radical (unpaired) electrons. The van der Waals surface area contributed by atoms with Crippen LogP contribution in [-0.2, 0) is 9.53 Å². The first-order valence-electron chi connectivity index (χ1n) is 10.3. The number of carbonyl (C=O) groups excluding carboxylic acids is 3. The SMILES string of the molecule is COC(=O)c1cc(OC)c(OC)cc1NC(=O)COc1ccc2c(c1)OC(=Cc1ccco1)C2=O. The second kappa shape index (κ2) is 10.0. The smallest absolute Gasteiger partial charge is 0.340 e. The van der Waals surface area contributed by atoms with Gasteiger partial charge in [0.15, 0.2) is 23.9 Å². The molecule has 3 aromatic rings. The summed E-state index contributed by atoms with van der Waals surface area (Å²) in [6, 6.07) is 10.9. The van der Waals surface area contributed by atoms with Gasteiger partial charge in [-0.25, -0.2) is 4.79 Å². The van der Waals surface area contributed by atoms with Crippen LogP contribution in [0.5, 0.6) is 23.0 Å². The maximum Gasteiger partial charge on any atom is 0.340 e. The molecule has 10 heteroatoms. The third-order valence-corrected chi connectivity index (χ3v) is 5.03. The van der Waals surface area contributed by atoms with Crippen molar-refractivity contribution in [1.82, 2.24) is 0 Å². The summed E-state index contributed by atoms with van der Waals surface area (Å²) < 4.78 is 31.6. The number of amides is 1. The number of carbonyl (C=O) groups is 3. The normalized spacial score (nSPS) is 13.1. The van der Waals surface area contributed by atoms with E-state index in [4.69, 9.17) is 28.1 Å². The third kappa shape index (κ3) is 4.96. The molecular formula is C25H21NO9. The van der Waals surface area contributed by atoms with Gasteiger partial charge in [0.05, 0.1) is 44.4 Å². The Kier molecular flexibility index (Phi) is 6.72. The molecule has 2 heterocycles. The Morgan fingerprint density at radius 1 is 1.03 bits per heavy atom. The summed E-state index contributed by atoms with van der Waals surface area (Å²) in [7, 11) is 4.08. The molecule has 0 bridgehead atoms. The van der Waals surface area contributed by atoms with Crippen LogP contribution >= 0.6 is 0 Å². The maximum absolute atomic E-state index is 12.6. The van der Waals surface area contributed by atoms with E-state index in [1.54, 1.807) is 24.3 Å². The number of Topliss-reactive ketones (excluding diaryl/α,β-unsaturated/α-hetero) is 1. The quantitative estimate of drug-likeness (QED) is 0.380. The maximum atomic E-state index is 12.6. The van der Waals surface area contributed by atoms with Crippen LogP contribution in [0, 0.1) is 0 Å². The number of anilines is 1. The molecule has 1 amide bonds. The molecule has 10 nitrogen and oxygen atoms in total. The number of fused-ring (bicyclic) bond motifs is 1. The van der Waals surface area contributed by atoms with E-state index in [1.165, 1.54) is 51.9 Å². The van der Waals surface area contributed by atoms with Gasteiger partial charge in [-0.2, -0.15) is 0 Å². The van der Waals surface area contributed by atoms with Crippen LogP contribution in [-0.4, -0.2) is 45.6 Å². The van der Waals surface area contributed by atoms with Gasteiger partial charge >= 0.3 is 5.97 Å². The molecule has 0 saturated carbocycles. The molecule has 1 aliphatic heterocycles. The number of esters is 1. The predicted molar refractivity (Wildman–Crippen MR) is 123 cm³/mol. The second-order valence-corrected chi connectivity index (χ2v) is 7.19. The van der Waals surface area contributed by atoms with Gasteiger partial charge in [0, 0.05) is 24.3 Å². The number of ether oxygens (including phenoxy) is 5. The van der Waals surface area contributed by atoms with E-state index in [1.807, 2.05) is 0 Å². The zero-order chi connectivity index (χ0) is 24.9. The highest BCUT2D eigenvalue weighted by molar-refractivity contribution is 6.14. The number of ketones is 1. The number of methoxy groups -OCH3 is 3. The number of hydrogen-bond donors (Lipinski definition) is 1.